The van der Waals surface area contributed by atoms with Gasteiger partial charge in [-0.15, -0.1) is 0 Å². The van der Waals surface area contributed by atoms with Gasteiger partial charge in [-0.3, -0.25) is 0 Å². The molecule has 2 rings (SSSR count). The van der Waals surface area contributed by atoms with Gasteiger partial charge in [-0.05, 0) is 49.9 Å². The summed E-state index contributed by atoms with van der Waals surface area (Å²) >= 11 is 0. The molecule has 96 valence electrons. The van der Waals surface area contributed by atoms with Crippen molar-refractivity contribution in [2.24, 2.45) is 29.6 Å². The summed E-state index contributed by atoms with van der Waals surface area (Å²) in [7, 11) is 0. The lowest BCUT2D eigenvalue weighted by molar-refractivity contribution is 0.241. The van der Waals surface area contributed by atoms with Crippen LogP contribution in [0.1, 0.15) is 65.7 Å². The summed E-state index contributed by atoms with van der Waals surface area (Å²) in [5, 5.41) is 0. The van der Waals surface area contributed by atoms with E-state index in [9.17, 15) is 0 Å². The van der Waals surface area contributed by atoms with Gasteiger partial charge >= 0.3 is 0 Å². The molecule has 0 amide bonds. The molecule has 2 aliphatic carbocycles. The summed E-state index contributed by atoms with van der Waals surface area (Å²) in [6.07, 6.45) is 9.67. The van der Waals surface area contributed by atoms with Crippen LogP contribution in [0.2, 0.25) is 0 Å². The van der Waals surface area contributed by atoms with Crippen molar-refractivity contribution in [2.75, 3.05) is 0 Å². The Bertz CT molecular complexity index is 293. The zero-order valence-corrected chi connectivity index (χ0v) is 11.8. The van der Waals surface area contributed by atoms with E-state index in [-0.39, 0.29) is 0 Å². The van der Waals surface area contributed by atoms with Gasteiger partial charge in [0.05, 0.1) is 0 Å². The third kappa shape index (κ3) is 3.51. The van der Waals surface area contributed by atoms with Crippen LogP contribution >= 0.6 is 0 Å². The number of rotatable bonds is 0. The van der Waals surface area contributed by atoms with Crippen molar-refractivity contribution in [3.63, 3.8) is 0 Å². The largest absolute Gasteiger partial charge is 0.0996 e. The average Bonchev–Trinajstić information content (AvgIpc) is 2.32. The maximum absolute atomic E-state index is 3.63. The van der Waals surface area contributed by atoms with Crippen LogP contribution in [0.4, 0.5) is 0 Å². The molecule has 0 saturated heterocycles. The van der Waals surface area contributed by atoms with E-state index in [0.29, 0.717) is 11.8 Å². The van der Waals surface area contributed by atoms with E-state index in [1.807, 2.05) is 0 Å². The second kappa shape index (κ2) is 5.94. The lowest BCUT2D eigenvalue weighted by Gasteiger charge is -2.29. The zero-order chi connectivity index (χ0) is 12.3. The first-order valence-electron chi connectivity index (χ1n) is 7.68. The molecule has 0 aromatic carbocycles. The Morgan fingerprint density at radius 2 is 1.47 bits per heavy atom. The van der Waals surface area contributed by atoms with Gasteiger partial charge in [-0.25, -0.2) is 0 Å². The highest BCUT2D eigenvalue weighted by Crippen LogP contribution is 2.33. The van der Waals surface area contributed by atoms with Crippen LogP contribution in [-0.4, -0.2) is 0 Å². The van der Waals surface area contributed by atoms with Crippen molar-refractivity contribution in [2.45, 2.75) is 65.7 Å². The maximum atomic E-state index is 3.63. The van der Waals surface area contributed by atoms with Crippen LogP contribution in [-0.2, 0) is 0 Å². The maximum Gasteiger partial charge on any atom is 0.0228 e. The normalized spacial score (nSPS) is 42.6. The molecule has 0 heterocycles. The molecule has 5 unspecified atom stereocenters. The van der Waals surface area contributed by atoms with Gasteiger partial charge in [0.2, 0.25) is 0 Å². The molecule has 2 fully saturated rings. The molecule has 2 saturated carbocycles. The van der Waals surface area contributed by atoms with Crippen molar-refractivity contribution in [1.29, 1.82) is 0 Å². The summed E-state index contributed by atoms with van der Waals surface area (Å²) in [5.41, 5.74) is 0. The van der Waals surface area contributed by atoms with E-state index >= 15 is 0 Å². The second-order valence-corrected chi connectivity index (χ2v) is 6.62. The highest BCUT2D eigenvalue weighted by Gasteiger charge is 2.24. The average molecular weight is 232 g/mol. The smallest absolute Gasteiger partial charge is 0.0228 e. The topological polar surface area (TPSA) is 0 Å². The van der Waals surface area contributed by atoms with Gasteiger partial charge in [-0.2, -0.15) is 0 Å². The Labute approximate surface area is 108 Å². The highest BCUT2D eigenvalue weighted by molar-refractivity contribution is 5.10. The molecule has 17 heavy (non-hydrogen) atoms. The molecule has 0 aromatic rings. The van der Waals surface area contributed by atoms with Gasteiger partial charge in [0.1, 0.15) is 0 Å². The van der Waals surface area contributed by atoms with E-state index in [4.69, 9.17) is 0 Å². The molecule has 0 bridgehead atoms. The Kier molecular flexibility index (Phi) is 4.55. The molecule has 0 aromatic heterocycles. The summed E-state index contributed by atoms with van der Waals surface area (Å²) in [6.45, 7) is 7.20. The fraction of sp³-hybridized carbons (Fsp3) is 0.882. The van der Waals surface area contributed by atoms with Gasteiger partial charge in [0.15, 0.2) is 0 Å². The van der Waals surface area contributed by atoms with Crippen LogP contribution in [0, 0.1) is 41.4 Å². The zero-order valence-electron chi connectivity index (χ0n) is 11.8. The molecule has 5 atom stereocenters. The van der Waals surface area contributed by atoms with E-state index in [2.05, 4.69) is 32.6 Å². The minimum absolute atomic E-state index is 0.704. The molecule has 0 radical (unpaired) electrons. The molecular formula is C17H28. The van der Waals surface area contributed by atoms with Crippen molar-refractivity contribution in [1.82, 2.24) is 0 Å². The third-order valence-corrected chi connectivity index (χ3v) is 5.18. The van der Waals surface area contributed by atoms with Gasteiger partial charge in [0.25, 0.3) is 0 Å². The van der Waals surface area contributed by atoms with Crippen LogP contribution in [0.3, 0.4) is 0 Å². The van der Waals surface area contributed by atoms with E-state index in [1.54, 1.807) is 0 Å². The van der Waals surface area contributed by atoms with Crippen molar-refractivity contribution < 1.29 is 0 Å². The molecule has 0 nitrogen and oxygen atoms in total. The standard InChI is InChI=1S/C17H28/c1-13-8-9-16(12-15(13)3)10-11-17-7-5-4-6-14(17)2/h13-17H,4-9,12H2,1-3H3. The van der Waals surface area contributed by atoms with Crippen LogP contribution in [0.5, 0.6) is 0 Å². The first kappa shape index (κ1) is 13.0. The molecule has 0 N–H and O–H groups in total. The molecule has 0 spiro atoms. The fourth-order valence-electron chi connectivity index (χ4n) is 3.43. The molecule has 0 aliphatic heterocycles. The third-order valence-electron chi connectivity index (χ3n) is 5.18. The fourth-order valence-corrected chi connectivity index (χ4v) is 3.43. The first-order chi connectivity index (χ1) is 8.16. The summed E-state index contributed by atoms with van der Waals surface area (Å²) < 4.78 is 0. The quantitative estimate of drug-likeness (QED) is 0.522. The summed E-state index contributed by atoms with van der Waals surface area (Å²) in [4.78, 5) is 0. The van der Waals surface area contributed by atoms with E-state index in [1.165, 1.54) is 44.9 Å². The van der Waals surface area contributed by atoms with Gasteiger partial charge in [0, 0.05) is 11.8 Å². The molecule has 2 aliphatic rings. The SMILES string of the molecule is CC1CCC(C#CC2CCCCC2C)CC1C. The monoisotopic (exact) mass is 232 g/mol. The Balaban J connectivity index is 1.88. The van der Waals surface area contributed by atoms with E-state index < -0.39 is 0 Å². The highest BCUT2D eigenvalue weighted by atomic mass is 14.3. The summed E-state index contributed by atoms with van der Waals surface area (Å²) in [6, 6.07) is 0. The summed E-state index contributed by atoms with van der Waals surface area (Å²) in [5.74, 6) is 11.3. The van der Waals surface area contributed by atoms with Crippen LogP contribution < -0.4 is 0 Å². The van der Waals surface area contributed by atoms with Crippen molar-refractivity contribution in [3.8, 4) is 11.8 Å². The lowest BCUT2D eigenvalue weighted by Crippen LogP contribution is -2.20. The van der Waals surface area contributed by atoms with Gasteiger partial charge in [-0.1, -0.05) is 45.5 Å². The molecule has 0 heteroatoms. The predicted octanol–water partition coefficient (Wildman–Crippen LogP) is 4.89. The number of hydrogen-bond acceptors (Lipinski definition) is 0. The van der Waals surface area contributed by atoms with E-state index in [0.717, 1.165) is 17.8 Å². The Morgan fingerprint density at radius 3 is 2.18 bits per heavy atom. The van der Waals surface area contributed by atoms with Crippen molar-refractivity contribution >= 4 is 0 Å². The Morgan fingerprint density at radius 1 is 0.706 bits per heavy atom. The lowest BCUT2D eigenvalue weighted by atomic mass is 9.75. The predicted molar refractivity (Wildman–Crippen MR) is 74.6 cm³/mol. The number of hydrogen-bond donors (Lipinski definition) is 0. The molecular weight excluding hydrogens is 204 g/mol. The van der Waals surface area contributed by atoms with Gasteiger partial charge < -0.3 is 0 Å². The second-order valence-electron chi connectivity index (χ2n) is 6.62. The Hall–Kier alpha value is -0.440. The van der Waals surface area contributed by atoms with Crippen molar-refractivity contribution in [3.05, 3.63) is 0 Å². The van der Waals surface area contributed by atoms with Crippen LogP contribution in [0.15, 0.2) is 0 Å². The van der Waals surface area contributed by atoms with Crippen LogP contribution in [0.25, 0.3) is 0 Å². The minimum Gasteiger partial charge on any atom is -0.0996 e. The first-order valence-corrected chi connectivity index (χ1v) is 7.68. The minimum atomic E-state index is 0.704.